The molecule has 4 aromatic rings. The minimum Gasteiger partial charge on any atom is -0.481 e. The molecule has 154 valence electrons. The fourth-order valence-electron chi connectivity index (χ4n) is 3.61. The first-order valence-electron chi connectivity index (χ1n) is 9.79. The summed E-state index contributed by atoms with van der Waals surface area (Å²) in [5.41, 5.74) is 4.66. The van der Waals surface area contributed by atoms with Crippen LogP contribution in [0, 0.1) is 6.92 Å². The molecule has 0 atom stereocenters. The molecule has 2 heterocycles. The summed E-state index contributed by atoms with van der Waals surface area (Å²) in [7, 11) is 0. The lowest BCUT2D eigenvalue weighted by Gasteiger charge is -2.08. The SMILES string of the molecule is Cc1cc(CCC(=O)O)ccc1-c1noc(-c2ccc3c(c2)c(Cl)cn3C(C)C)n1. The van der Waals surface area contributed by atoms with E-state index < -0.39 is 5.97 Å². The summed E-state index contributed by atoms with van der Waals surface area (Å²) in [6.45, 7) is 6.18. The van der Waals surface area contributed by atoms with Crippen LogP contribution in [-0.4, -0.2) is 25.8 Å². The van der Waals surface area contributed by atoms with Crippen LogP contribution >= 0.6 is 11.6 Å². The lowest BCUT2D eigenvalue weighted by molar-refractivity contribution is -0.136. The van der Waals surface area contributed by atoms with Gasteiger partial charge in [-0.15, -0.1) is 0 Å². The van der Waals surface area contributed by atoms with Gasteiger partial charge in [0.25, 0.3) is 5.89 Å². The first kappa shape index (κ1) is 20.2. The maximum Gasteiger partial charge on any atom is 0.303 e. The van der Waals surface area contributed by atoms with Crippen molar-refractivity contribution in [3.05, 3.63) is 58.7 Å². The second kappa shape index (κ2) is 7.95. The van der Waals surface area contributed by atoms with Gasteiger partial charge in [0.2, 0.25) is 5.82 Å². The van der Waals surface area contributed by atoms with E-state index in [0.717, 1.165) is 33.2 Å². The van der Waals surface area contributed by atoms with Crippen molar-refractivity contribution in [3.8, 4) is 22.8 Å². The maximum atomic E-state index is 10.8. The highest BCUT2D eigenvalue weighted by Gasteiger charge is 2.16. The maximum absolute atomic E-state index is 10.8. The number of hydrogen-bond acceptors (Lipinski definition) is 4. The molecule has 0 aliphatic carbocycles. The van der Waals surface area contributed by atoms with Crippen molar-refractivity contribution < 1.29 is 14.4 Å². The molecule has 0 spiro atoms. The number of aliphatic carboxylic acids is 1. The van der Waals surface area contributed by atoms with Gasteiger partial charge in [0, 0.05) is 40.7 Å². The van der Waals surface area contributed by atoms with Gasteiger partial charge in [-0.1, -0.05) is 35.0 Å². The normalized spacial score (nSPS) is 11.5. The minimum absolute atomic E-state index is 0.106. The zero-order valence-corrected chi connectivity index (χ0v) is 17.8. The Morgan fingerprint density at radius 2 is 2.03 bits per heavy atom. The van der Waals surface area contributed by atoms with Crippen LogP contribution in [0.5, 0.6) is 0 Å². The monoisotopic (exact) mass is 423 g/mol. The molecule has 0 saturated heterocycles. The van der Waals surface area contributed by atoms with Gasteiger partial charge in [0.1, 0.15) is 0 Å². The number of carbonyl (C=O) groups is 1. The van der Waals surface area contributed by atoms with Crippen LogP contribution in [-0.2, 0) is 11.2 Å². The summed E-state index contributed by atoms with van der Waals surface area (Å²) in [6.07, 6.45) is 2.54. The van der Waals surface area contributed by atoms with Crippen LogP contribution in [0.15, 0.2) is 47.1 Å². The molecule has 2 aromatic carbocycles. The molecule has 4 rings (SSSR count). The molecule has 1 N–H and O–H groups in total. The number of nitrogens with zero attached hydrogens (tertiary/aromatic N) is 3. The molecule has 0 saturated carbocycles. The fraction of sp³-hybridized carbons (Fsp3) is 0.261. The fourth-order valence-corrected chi connectivity index (χ4v) is 3.86. The summed E-state index contributed by atoms with van der Waals surface area (Å²) in [5.74, 6) is 0.119. The Morgan fingerprint density at radius 1 is 1.23 bits per heavy atom. The average molecular weight is 424 g/mol. The van der Waals surface area contributed by atoms with Crippen molar-refractivity contribution in [1.29, 1.82) is 0 Å². The zero-order valence-electron chi connectivity index (χ0n) is 17.0. The number of halogens is 1. The molecule has 0 amide bonds. The second-order valence-corrected chi connectivity index (χ2v) is 8.08. The molecular formula is C23H22ClN3O3. The number of rotatable bonds is 6. The van der Waals surface area contributed by atoms with Gasteiger partial charge < -0.3 is 14.2 Å². The zero-order chi connectivity index (χ0) is 21.4. The predicted octanol–water partition coefficient (Wildman–Crippen LogP) is 5.92. The summed E-state index contributed by atoms with van der Waals surface area (Å²) < 4.78 is 7.66. The van der Waals surface area contributed by atoms with Crippen LogP contribution in [0.25, 0.3) is 33.7 Å². The van der Waals surface area contributed by atoms with Crippen molar-refractivity contribution in [2.75, 3.05) is 0 Å². The Hall–Kier alpha value is -3.12. The Kier molecular flexibility index (Phi) is 5.35. The van der Waals surface area contributed by atoms with Crippen LogP contribution < -0.4 is 0 Å². The van der Waals surface area contributed by atoms with E-state index in [1.54, 1.807) is 0 Å². The Morgan fingerprint density at radius 3 is 2.73 bits per heavy atom. The number of aromatic nitrogens is 3. The van der Waals surface area contributed by atoms with Crippen molar-refractivity contribution in [2.45, 2.75) is 39.7 Å². The summed E-state index contributed by atoms with van der Waals surface area (Å²) in [5, 5.41) is 14.6. The Bertz CT molecular complexity index is 1240. The van der Waals surface area contributed by atoms with Gasteiger partial charge in [-0.2, -0.15) is 4.98 Å². The van der Waals surface area contributed by atoms with Crippen molar-refractivity contribution in [3.63, 3.8) is 0 Å². The smallest absolute Gasteiger partial charge is 0.303 e. The van der Waals surface area contributed by atoms with Crippen molar-refractivity contribution >= 4 is 28.5 Å². The third kappa shape index (κ3) is 3.83. The highest BCUT2D eigenvalue weighted by atomic mass is 35.5. The van der Waals surface area contributed by atoms with Crippen LogP contribution in [0.1, 0.15) is 37.4 Å². The van der Waals surface area contributed by atoms with E-state index in [-0.39, 0.29) is 6.42 Å². The Balaban J connectivity index is 1.64. The third-order valence-electron chi connectivity index (χ3n) is 5.17. The molecule has 0 aliphatic rings. The summed E-state index contributed by atoms with van der Waals surface area (Å²) >= 11 is 6.44. The predicted molar refractivity (Wildman–Crippen MR) is 117 cm³/mol. The van der Waals surface area contributed by atoms with E-state index in [0.29, 0.717) is 29.2 Å². The topological polar surface area (TPSA) is 81.1 Å². The van der Waals surface area contributed by atoms with Crippen LogP contribution in [0.2, 0.25) is 5.02 Å². The number of fused-ring (bicyclic) bond motifs is 1. The molecule has 2 aromatic heterocycles. The largest absolute Gasteiger partial charge is 0.481 e. The molecule has 7 heteroatoms. The molecule has 0 aliphatic heterocycles. The van der Waals surface area contributed by atoms with Gasteiger partial charge >= 0.3 is 5.97 Å². The first-order chi connectivity index (χ1) is 14.3. The molecular weight excluding hydrogens is 402 g/mol. The van der Waals surface area contributed by atoms with E-state index in [1.165, 1.54) is 0 Å². The molecule has 0 unspecified atom stereocenters. The highest BCUT2D eigenvalue weighted by molar-refractivity contribution is 6.35. The summed E-state index contributed by atoms with van der Waals surface area (Å²) in [6, 6.07) is 12.0. The number of benzene rings is 2. The molecule has 0 fully saturated rings. The van der Waals surface area contributed by atoms with Crippen molar-refractivity contribution in [2.24, 2.45) is 0 Å². The van der Waals surface area contributed by atoms with Gasteiger partial charge in [-0.3, -0.25) is 4.79 Å². The van der Waals surface area contributed by atoms with E-state index in [1.807, 2.05) is 49.5 Å². The van der Waals surface area contributed by atoms with Crippen LogP contribution in [0.4, 0.5) is 0 Å². The molecule has 0 radical (unpaired) electrons. The van der Waals surface area contributed by atoms with E-state index >= 15 is 0 Å². The van der Waals surface area contributed by atoms with E-state index in [2.05, 4.69) is 28.6 Å². The lowest BCUT2D eigenvalue weighted by atomic mass is 10.0. The second-order valence-electron chi connectivity index (χ2n) is 7.68. The van der Waals surface area contributed by atoms with E-state index in [9.17, 15) is 4.79 Å². The van der Waals surface area contributed by atoms with Gasteiger partial charge in [-0.05, 0) is 56.5 Å². The van der Waals surface area contributed by atoms with Crippen molar-refractivity contribution in [1.82, 2.24) is 14.7 Å². The van der Waals surface area contributed by atoms with Crippen LogP contribution in [0.3, 0.4) is 0 Å². The molecule has 6 nitrogen and oxygen atoms in total. The first-order valence-corrected chi connectivity index (χ1v) is 10.2. The number of aryl methyl sites for hydroxylation is 2. The third-order valence-corrected chi connectivity index (χ3v) is 5.47. The molecule has 30 heavy (non-hydrogen) atoms. The minimum atomic E-state index is -0.805. The highest BCUT2D eigenvalue weighted by Crippen LogP contribution is 2.33. The van der Waals surface area contributed by atoms with E-state index in [4.69, 9.17) is 21.2 Å². The number of hydrogen-bond donors (Lipinski definition) is 1. The summed E-state index contributed by atoms with van der Waals surface area (Å²) in [4.78, 5) is 15.4. The lowest BCUT2D eigenvalue weighted by Crippen LogP contribution is -1.98. The molecule has 0 bridgehead atoms. The standard InChI is InChI=1S/C23H22ClN3O3/c1-13(2)27-12-19(24)18-11-16(6-8-20(18)27)23-25-22(26-30-23)17-7-4-15(10-14(17)3)5-9-21(28)29/h4,6-8,10-13H,5,9H2,1-3H3,(H,28,29). The van der Waals surface area contributed by atoms with Gasteiger partial charge in [0.05, 0.1) is 5.02 Å². The quantitative estimate of drug-likeness (QED) is 0.416. The number of carboxylic acid groups (broad SMARTS) is 1. The van der Waals surface area contributed by atoms with Gasteiger partial charge in [0.15, 0.2) is 0 Å². The van der Waals surface area contributed by atoms with Gasteiger partial charge in [-0.25, -0.2) is 0 Å². The number of carboxylic acids is 1. The average Bonchev–Trinajstić information content (AvgIpc) is 3.31. The Labute approximate surface area is 179 Å².